The Bertz CT molecular complexity index is 914. The zero-order valence-corrected chi connectivity index (χ0v) is 15.2. The van der Waals surface area contributed by atoms with Crippen molar-refractivity contribution in [3.63, 3.8) is 0 Å². The van der Waals surface area contributed by atoms with Gasteiger partial charge in [0.05, 0.1) is 26.7 Å². The first kappa shape index (κ1) is 16.7. The molecule has 0 N–H and O–H groups in total. The van der Waals surface area contributed by atoms with Crippen molar-refractivity contribution in [3.8, 4) is 0 Å². The third-order valence-corrected chi connectivity index (χ3v) is 5.53. The van der Waals surface area contributed by atoms with Crippen LogP contribution in [-0.4, -0.2) is 24.2 Å². The molecule has 0 aliphatic rings. The maximum Gasteiger partial charge on any atom is 0.289 e. The topological polar surface area (TPSA) is 43.6 Å². The highest BCUT2D eigenvalue weighted by molar-refractivity contribution is 7.16. The summed E-state index contributed by atoms with van der Waals surface area (Å²) in [6.45, 7) is 1.04. The molecule has 3 rings (SSSR count). The Labute approximate surface area is 150 Å². The molecule has 2 heterocycles. The number of thiophene rings is 1. The summed E-state index contributed by atoms with van der Waals surface area (Å²) in [6, 6.07) is 7.10. The van der Waals surface area contributed by atoms with Gasteiger partial charge in [-0.15, -0.1) is 11.3 Å². The molecule has 0 saturated heterocycles. The summed E-state index contributed by atoms with van der Waals surface area (Å²) in [4.78, 5) is 17.7. The van der Waals surface area contributed by atoms with Crippen molar-refractivity contribution in [2.24, 2.45) is 4.99 Å². The van der Waals surface area contributed by atoms with Gasteiger partial charge < -0.3 is 9.30 Å². The average Bonchev–Trinajstić information content (AvgIpc) is 3.12. The van der Waals surface area contributed by atoms with E-state index in [9.17, 15) is 4.79 Å². The zero-order chi connectivity index (χ0) is 16.4. The molecule has 2 aromatic heterocycles. The van der Waals surface area contributed by atoms with E-state index >= 15 is 0 Å². The van der Waals surface area contributed by atoms with Crippen LogP contribution in [0.25, 0.3) is 10.2 Å². The zero-order valence-electron chi connectivity index (χ0n) is 12.1. The van der Waals surface area contributed by atoms with Gasteiger partial charge in [0.1, 0.15) is 0 Å². The summed E-state index contributed by atoms with van der Waals surface area (Å²) in [5.41, 5.74) is 0.816. The molecule has 8 heteroatoms. The predicted molar refractivity (Wildman–Crippen MR) is 95.9 cm³/mol. The number of amides is 1. The van der Waals surface area contributed by atoms with E-state index < -0.39 is 0 Å². The predicted octanol–water partition coefficient (Wildman–Crippen LogP) is 4.46. The molecule has 0 unspecified atom stereocenters. The highest BCUT2D eigenvalue weighted by Crippen LogP contribution is 2.29. The van der Waals surface area contributed by atoms with Crippen LogP contribution in [0.1, 0.15) is 9.67 Å². The van der Waals surface area contributed by atoms with Crippen molar-refractivity contribution in [2.75, 3.05) is 13.7 Å². The highest BCUT2D eigenvalue weighted by atomic mass is 35.5. The normalized spacial score (nSPS) is 12.2. The van der Waals surface area contributed by atoms with Gasteiger partial charge in [0.2, 0.25) is 0 Å². The van der Waals surface area contributed by atoms with E-state index in [4.69, 9.17) is 27.9 Å². The van der Waals surface area contributed by atoms with Crippen molar-refractivity contribution in [3.05, 3.63) is 49.4 Å². The lowest BCUT2D eigenvalue weighted by atomic mass is 10.3. The van der Waals surface area contributed by atoms with Crippen LogP contribution in [-0.2, 0) is 11.3 Å². The molecule has 120 valence electrons. The Morgan fingerprint density at radius 3 is 2.91 bits per heavy atom. The number of benzene rings is 1. The van der Waals surface area contributed by atoms with Crippen LogP contribution in [0.4, 0.5) is 0 Å². The summed E-state index contributed by atoms with van der Waals surface area (Å²) < 4.78 is 7.93. The number of methoxy groups -OCH3 is 1. The van der Waals surface area contributed by atoms with E-state index in [1.54, 1.807) is 19.2 Å². The fraction of sp³-hybridized carbons (Fsp3) is 0.200. The number of fused-ring (bicyclic) bond motifs is 1. The molecule has 0 aliphatic carbocycles. The quantitative estimate of drug-likeness (QED) is 0.664. The first-order chi connectivity index (χ1) is 11.1. The number of carbonyl (C=O) groups is 1. The maximum absolute atomic E-state index is 12.3. The molecular weight excluding hydrogens is 375 g/mol. The number of thiazole rings is 1. The van der Waals surface area contributed by atoms with Crippen LogP contribution in [0.5, 0.6) is 0 Å². The number of halogens is 2. The molecule has 1 amide bonds. The van der Waals surface area contributed by atoms with Crippen LogP contribution in [0.15, 0.2) is 34.6 Å². The second kappa shape index (κ2) is 7.15. The van der Waals surface area contributed by atoms with Gasteiger partial charge in [-0.3, -0.25) is 4.79 Å². The van der Waals surface area contributed by atoms with Gasteiger partial charge in [-0.05, 0) is 23.6 Å². The second-order valence-corrected chi connectivity index (χ2v) is 7.46. The van der Waals surface area contributed by atoms with Gasteiger partial charge in [-0.1, -0.05) is 40.6 Å². The fourth-order valence-corrected chi connectivity index (χ4v) is 4.59. The van der Waals surface area contributed by atoms with Gasteiger partial charge in [0.15, 0.2) is 4.80 Å². The fourth-order valence-electron chi connectivity index (χ4n) is 2.15. The van der Waals surface area contributed by atoms with E-state index in [1.165, 1.54) is 22.7 Å². The summed E-state index contributed by atoms with van der Waals surface area (Å²) in [7, 11) is 1.63. The molecule has 1 aromatic carbocycles. The Hall–Kier alpha value is -1.18. The summed E-state index contributed by atoms with van der Waals surface area (Å²) in [6.07, 6.45) is 0. The SMILES string of the molecule is COCCn1c(=NC(=O)c2cccs2)sc2cc(Cl)cc(Cl)c21. The smallest absolute Gasteiger partial charge is 0.289 e. The molecule has 0 fully saturated rings. The number of carbonyl (C=O) groups excluding carboxylic acids is 1. The lowest BCUT2D eigenvalue weighted by Gasteiger charge is -2.05. The van der Waals surface area contributed by atoms with Crippen molar-refractivity contribution in [1.82, 2.24) is 4.57 Å². The number of hydrogen-bond acceptors (Lipinski definition) is 4. The van der Waals surface area contributed by atoms with Crippen LogP contribution in [0.2, 0.25) is 10.0 Å². The maximum atomic E-state index is 12.3. The average molecular weight is 387 g/mol. The minimum Gasteiger partial charge on any atom is -0.383 e. The summed E-state index contributed by atoms with van der Waals surface area (Å²) in [5.74, 6) is -0.264. The van der Waals surface area contributed by atoms with E-state index in [-0.39, 0.29) is 5.91 Å². The van der Waals surface area contributed by atoms with E-state index in [2.05, 4.69) is 4.99 Å². The van der Waals surface area contributed by atoms with Gasteiger partial charge in [-0.25, -0.2) is 0 Å². The lowest BCUT2D eigenvalue weighted by Crippen LogP contribution is -2.19. The van der Waals surface area contributed by atoms with Crippen LogP contribution in [0.3, 0.4) is 0 Å². The first-order valence-corrected chi connectivity index (χ1v) is 9.15. The van der Waals surface area contributed by atoms with E-state index in [0.717, 1.165) is 10.2 Å². The van der Waals surface area contributed by atoms with Crippen LogP contribution >= 0.6 is 45.9 Å². The Balaban J connectivity index is 2.18. The Kier molecular flexibility index (Phi) is 5.18. The number of nitrogens with zero attached hydrogens (tertiary/aromatic N) is 2. The van der Waals surface area contributed by atoms with Gasteiger partial charge >= 0.3 is 0 Å². The molecule has 23 heavy (non-hydrogen) atoms. The molecule has 0 radical (unpaired) electrons. The van der Waals surface area contributed by atoms with Crippen molar-refractivity contribution < 1.29 is 9.53 Å². The molecule has 0 spiro atoms. The summed E-state index contributed by atoms with van der Waals surface area (Å²) in [5, 5.41) is 2.94. The lowest BCUT2D eigenvalue weighted by molar-refractivity contribution is 0.100. The third-order valence-electron chi connectivity index (χ3n) is 3.14. The van der Waals surface area contributed by atoms with Crippen molar-refractivity contribution >= 4 is 62.0 Å². The minimum atomic E-state index is -0.264. The number of aromatic nitrogens is 1. The standard InChI is InChI=1S/C15H12Cl2N2O2S2/c1-21-5-4-19-13-10(17)7-9(16)8-12(13)23-15(19)18-14(20)11-3-2-6-22-11/h2-3,6-8H,4-5H2,1H3. The van der Waals surface area contributed by atoms with Crippen LogP contribution in [0, 0.1) is 0 Å². The molecule has 0 bridgehead atoms. The number of ether oxygens (including phenoxy) is 1. The second-order valence-electron chi connectivity index (χ2n) is 4.66. The molecule has 4 nitrogen and oxygen atoms in total. The van der Waals surface area contributed by atoms with Gasteiger partial charge in [0.25, 0.3) is 5.91 Å². The van der Waals surface area contributed by atoms with Crippen molar-refractivity contribution in [2.45, 2.75) is 6.54 Å². The monoisotopic (exact) mass is 386 g/mol. The van der Waals surface area contributed by atoms with Gasteiger partial charge in [-0.2, -0.15) is 4.99 Å². The Morgan fingerprint density at radius 1 is 1.39 bits per heavy atom. The number of rotatable bonds is 4. The first-order valence-electron chi connectivity index (χ1n) is 6.70. The number of hydrogen-bond donors (Lipinski definition) is 0. The Morgan fingerprint density at radius 2 is 2.22 bits per heavy atom. The highest BCUT2D eigenvalue weighted by Gasteiger charge is 2.13. The molecule has 0 saturated carbocycles. The molecule has 0 aliphatic heterocycles. The summed E-state index contributed by atoms with van der Waals surface area (Å²) >= 11 is 15.2. The van der Waals surface area contributed by atoms with Crippen molar-refractivity contribution in [1.29, 1.82) is 0 Å². The third kappa shape index (κ3) is 3.51. The van der Waals surface area contributed by atoms with Crippen LogP contribution < -0.4 is 4.80 Å². The largest absolute Gasteiger partial charge is 0.383 e. The molecule has 3 aromatic rings. The molecular formula is C15H12Cl2N2O2S2. The van der Waals surface area contributed by atoms with Gasteiger partial charge in [0, 0.05) is 18.7 Å². The minimum absolute atomic E-state index is 0.264. The molecule has 0 atom stereocenters. The van der Waals surface area contributed by atoms with E-state index in [0.29, 0.717) is 32.9 Å². The van der Waals surface area contributed by atoms with E-state index in [1.807, 2.05) is 22.1 Å².